The minimum absolute atomic E-state index is 0.0255. The van der Waals surface area contributed by atoms with Crippen molar-refractivity contribution in [1.29, 1.82) is 0 Å². The van der Waals surface area contributed by atoms with Crippen LogP contribution in [0.5, 0.6) is 0 Å². The maximum absolute atomic E-state index is 13.3. The molecule has 0 spiro atoms. The first-order valence-corrected chi connectivity index (χ1v) is 29.5. The first kappa shape index (κ1) is 62.9. The van der Waals surface area contributed by atoms with Crippen LogP contribution >= 0.6 is 11.6 Å². The summed E-state index contributed by atoms with van der Waals surface area (Å²) in [5.74, 6) is 0.269. The zero-order valence-corrected chi connectivity index (χ0v) is 50.7. The van der Waals surface area contributed by atoms with Crippen molar-refractivity contribution in [2.75, 3.05) is 27.3 Å². The minimum Gasteiger partial charge on any atom is -0.469 e. The number of nitrogens with zero attached hydrogens (tertiary/aromatic N) is 6. The highest BCUT2D eigenvalue weighted by molar-refractivity contribution is 6.16. The number of likely N-dealkylation sites (tertiary alicyclic amines) is 2. The lowest BCUT2D eigenvalue weighted by Gasteiger charge is -2.45. The highest BCUT2D eigenvalue weighted by Gasteiger charge is 2.49. The summed E-state index contributed by atoms with van der Waals surface area (Å²) in [5.41, 5.74) is 10.5. The Balaban J connectivity index is 0.000000209. The molecule has 0 bridgehead atoms. The van der Waals surface area contributed by atoms with Crippen molar-refractivity contribution in [3.63, 3.8) is 0 Å². The number of piperidine rings is 2. The number of esters is 2. The van der Waals surface area contributed by atoms with E-state index in [1.54, 1.807) is 0 Å². The maximum atomic E-state index is 13.3. The fraction of sp³-hybridized carbons (Fsp3) is 0.507. The van der Waals surface area contributed by atoms with Gasteiger partial charge in [0.15, 0.2) is 0 Å². The second kappa shape index (κ2) is 30.0. The van der Waals surface area contributed by atoms with Crippen molar-refractivity contribution in [2.45, 2.75) is 183 Å². The number of rotatable bonds is 19. The Bertz CT molecular complexity index is 2910. The molecule has 4 unspecified atom stereocenters. The van der Waals surface area contributed by atoms with Crippen molar-refractivity contribution in [3.8, 4) is 0 Å². The number of hydrogen-bond acceptors (Lipinski definition) is 9. The minimum atomic E-state index is -0.612. The fourth-order valence-electron chi connectivity index (χ4n) is 11.7. The van der Waals surface area contributed by atoms with Crippen molar-refractivity contribution in [1.82, 2.24) is 28.9 Å². The summed E-state index contributed by atoms with van der Waals surface area (Å²) in [5, 5.41) is 0. The number of alkyl halides is 1. The second-order valence-electron chi connectivity index (χ2n) is 23.7. The topological polar surface area (TPSA) is 121 Å². The average Bonchev–Trinajstić information content (AvgIpc) is 4.09. The number of methoxy groups -OCH3 is 2. The van der Waals surface area contributed by atoms with E-state index in [0.29, 0.717) is 37.7 Å². The number of carbonyl (C=O) groups is 3. The molecular formula is C67H91ClN6O6. The maximum Gasteiger partial charge on any atom is 0.410 e. The molecule has 2 fully saturated rings. The molecule has 13 heteroatoms. The molecule has 2 saturated heterocycles. The number of hydrogen-bond donors (Lipinski definition) is 0. The van der Waals surface area contributed by atoms with Crippen molar-refractivity contribution in [2.24, 2.45) is 10.8 Å². The number of ether oxygens (including phenoxy) is 3. The van der Waals surface area contributed by atoms with Gasteiger partial charge in [0.05, 0.1) is 55.0 Å². The summed E-state index contributed by atoms with van der Waals surface area (Å²) < 4.78 is 20.6. The van der Waals surface area contributed by atoms with E-state index < -0.39 is 16.4 Å². The van der Waals surface area contributed by atoms with Gasteiger partial charge in [0.25, 0.3) is 0 Å². The lowest BCUT2D eigenvalue weighted by atomic mass is 9.70. The Morgan fingerprint density at radius 3 is 1.48 bits per heavy atom. The van der Waals surface area contributed by atoms with Gasteiger partial charge in [-0.05, 0) is 129 Å². The van der Waals surface area contributed by atoms with E-state index in [1.807, 2.05) is 56.8 Å². The molecule has 12 nitrogen and oxygen atoms in total. The van der Waals surface area contributed by atoms with Gasteiger partial charge >= 0.3 is 18.0 Å². The molecule has 1 amide bonds. The predicted octanol–water partition coefficient (Wildman–Crippen LogP) is 14.4. The van der Waals surface area contributed by atoms with Gasteiger partial charge in [0, 0.05) is 50.7 Å². The first-order valence-electron chi connectivity index (χ1n) is 29.0. The number of aryl methyl sites for hydroxylation is 4. The highest BCUT2D eigenvalue weighted by atomic mass is 35.5. The summed E-state index contributed by atoms with van der Waals surface area (Å²) in [6.45, 7) is 22.3. The van der Waals surface area contributed by atoms with Gasteiger partial charge in [-0.25, -0.2) is 14.8 Å². The number of halogens is 1. The zero-order valence-electron chi connectivity index (χ0n) is 49.9. The monoisotopic (exact) mass is 1110 g/mol. The summed E-state index contributed by atoms with van der Waals surface area (Å²) in [6, 6.07) is 34.3. The van der Waals surface area contributed by atoms with E-state index in [4.69, 9.17) is 25.8 Å². The number of imidazole rings is 2. The molecular weight excluding hydrogens is 1020 g/mol. The Kier molecular flexibility index (Phi) is 23.6. The van der Waals surface area contributed by atoms with Gasteiger partial charge in [0.2, 0.25) is 0 Å². The van der Waals surface area contributed by atoms with Gasteiger partial charge < -0.3 is 28.2 Å². The van der Waals surface area contributed by atoms with E-state index in [2.05, 4.69) is 157 Å². The van der Waals surface area contributed by atoms with E-state index in [1.165, 1.54) is 58.9 Å². The molecule has 2 aliphatic heterocycles. The quantitative estimate of drug-likeness (QED) is 0.0443. The average molecular weight is 1110 g/mol. The molecule has 0 radical (unpaired) electrons. The SMILES string of the molecule is CCCCC1CC(Cc2cccc(C)c2)(C(=O)OC)CCN1C(=O)OC(C)(C)C.CCCCC1CC(Cc2cccc(C)c2)(C(=O)OC)CCN1Cc1cncn1Cc1cccc(C)c1.Cc1cccc(Cn2cncc2CCl)c1. The molecule has 432 valence electrons. The molecule has 0 aliphatic carbocycles. The third-order valence-electron chi connectivity index (χ3n) is 15.8. The lowest BCUT2D eigenvalue weighted by molar-refractivity contribution is -0.158. The number of amides is 1. The van der Waals surface area contributed by atoms with E-state index in [-0.39, 0.29) is 24.1 Å². The molecule has 2 aliphatic rings. The summed E-state index contributed by atoms with van der Waals surface area (Å²) in [7, 11) is 3.00. The van der Waals surface area contributed by atoms with E-state index in [9.17, 15) is 14.4 Å². The van der Waals surface area contributed by atoms with Crippen LogP contribution in [0.15, 0.2) is 122 Å². The highest BCUT2D eigenvalue weighted by Crippen LogP contribution is 2.43. The number of unbranched alkanes of at least 4 members (excludes halogenated alkanes) is 2. The van der Waals surface area contributed by atoms with Crippen LogP contribution in [-0.4, -0.2) is 91.9 Å². The Morgan fingerprint density at radius 1 is 0.600 bits per heavy atom. The van der Waals surface area contributed by atoms with Crippen molar-refractivity contribution >= 4 is 29.6 Å². The van der Waals surface area contributed by atoms with E-state index in [0.717, 1.165) is 95.2 Å². The van der Waals surface area contributed by atoms with Crippen LogP contribution in [0.25, 0.3) is 0 Å². The molecule has 0 N–H and O–H groups in total. The standard InChI is InChI=1S/C31H41N3O2.C24H37NO4.C12H13ClN2/c1-5-6-13-28-19-31(30(35)36-4,18-26-11-7-9-24(2)16-26)14-15-33(28)22-29-20-32-23-34(29)21-27-12-8-10-25(3)17-27;1-7-8-12-20-17-24(21(26)28-6,16-19-11-9-10-18(2)15-19)13-14-25(20)22(27)29-23(3,4)5;1-10-3-2-4-11(5-10)8-15-9-14-7-12(15)6-13/h7-12,16-17,20,23,28H,5-6,13-15,18-19,21-22H2,1-4H3;9-11,15,20H,7-8,12-14,16-17H2,1-6H3;2-5,7,9H,6,8H2,1H3. The van der Waals surface area contributed by atoms with Crippen LogP contribution in [0.2, 0.25) is 0 Å². The van der Waals surface area contributed by atoms with E-state index >= 15 is 0 Å². The first-order chi connectivity index (χ1) is 38.3. The fourth-order valence-corrected chi connectivity index (χ4v) is 12.0. The van der Waals surface area contributed by atoms with Crippen LogP contribution in [0.3, 0.4) is 0 Å². The normalized spacial score (nSPS) is 19.2. The Hall–Kier alpha value is -6.24. The van der Waals surface area contributed by atoms with Gasteiger partial charge in [-0.3, -0.25) is 14.5 Å². The molecule has 4 atom stereocenters. The molecule has 8 rings (SSSR count). The molecule has 2 aromatic heterocycles. The molecule has 0 saturated carbocycles. The number of carbonyl (C=O) groups excluding carboxylic acids is 3. The Morgan fingerprint density at radius 2 is 1.02 bits per heavy atom. The largest absolute Gasteiger partial charge is 0.469 e. The van der Waals surface area contributed by atoms with Gasteiger partial charge in [-0.15, -0.1) is 11.6 Å². The van der Waals surface area contributed by atoms with Crippen LogP contribution in [0, 0.1) is 38.5 Å². The third-order valence-corrected chi connectivity index (χ3v) is 16.1. The lowest BCUT2D eigenvalue weighted by Crippen LogP contribution is -2.54. The molecule has 6 aromatic rings. The molecule has 80 heavy (non-hydrogen) atoms. The third kappa shape index (κ3) is 18.1. The van der Waals surface area contributed by atoms with Crippen LogP contribution in [0.1, 0.15) is 155 Å². The summed E-state index contributed by atoms with van der Waals surface area (Å²) in [4.78, 5) is 52.0. The summed E-state index contributed by atoms with van der Waals surface area (Å²) >= 11 is 5.81. The number of aromatic nitrogens is 4. The van der Waals surface area contributed by atoms with Gasteiger partial charge in [-0.2, -0.15) is 0 Å². The zero-order chi connectivity index (χ0) is 57.9. The van der Waals surface area contributed by atoms with Gasteiger partial charge in [-0.1, -0.05) is 159 Å². The van der Waals surface area contributed by atoms with Crippen LogP contribution < -0.4 is 0 Å². The van der Waals surface area contributed by atoms with Gasteiger partial charge in [0.1, 0.15) is 5.60 Å². The molecule has 4 heterocycles. The number of benzene rings is 4. The summed E-state index contributed by atoms with van der Waals surface area (Å²) in [6.07, 6.45) is 17.8. The Labute approximate surface area is 483 Å². The van der Waals surface area contributed by atoms with Crippen molar-refractivity contribution < 1.29 is 28.6 Å². The van der Waals surface area contributed by atoms with Crippen LogP contribution in [0.4, 0.5) is 4.79 Å². The second-order valence-corrected chi connectivity index (χ2v) is 23.9. The predicted molar refractivity (Wildman–Crippen MR) is 322 cm³/mol. The molecule has 4 aromatic carbocycles. The van der Waals surface area contributed by atoms with Crippen LogP contribution in [-0.2, 0) is 62.2 Å². The van der Waals surface area contributed by atoms with Crippen molar-refractivity contribution in [3.05, 3.63) is 178 Å². The smallest absolute Gasteiger partial charge is 0.410 e.